The van der Waals surface area contributed by atoms with Gasteiger partial charge in [-0.25, -0.2) is 0 Å². The quantitative estimate of drug-likeness (QED) is 0.730. The number of hydrogen-bond acceptors (Lipinski definition) is 6. The van der Waals surface area contributed by atoms with Crippen LogP contribution < -0.4 is 15.6 Å². The summed E-state index contributed by atoms with van der Waals surface area (Å²) in [5, 5.41) is 16.7. The van der Waals surface area contributed by atoms with E-state index in [0.717, 1.165) is 23.8 Å². The molecule has 8 heteroatoms. The molecule has 8 nitrogen and oxygen atoms in total. The molecule has 2 rings (SSSR count). The standard InChI is InChI=1S/C18H24N4O4/c1-4-21(5-2)11-10-19-18(25)17-14(23)12-16(24)22(20-17)13-8-6-7-9-15(13)26-3/h6-9,12,23H,4-5,10-11H2,1-3H3,(H,19,25). The van der Waals surface area contributed by atoms with Crippen LogP contribution in [0.15, 0.2) is 35.1 Å². The maximum Gasteiger partial charge on any atom is 0.275 e. The van der Waals surface area contributed by atoms with Gasteiger partial charge in [-0.3, -0.25) is 9.59 Å². The van der Waals surface area contributed by atoms with Gasteiger partial charge < -0.3 is 20.1 Å². The molecule has 0 bridgehead atoms. The third-order valence-electron chi connectivity index (χ3n) is 4.05. The summed E-state index contributed by atoms with van der Waals surface area (Å²) in [6, 6.07) is 7.78. The normalized spacial score (nSPS) is 10.8. The lowest BCUT2D eigenvalue weighted by atomic mass is 10.3. The number of rotatable bonds is 8. The molecule has 0 aliphatic heterocycles. The smallest absolute Gasteiger partial charge is 0.275 e. The Bertz CT molecular complexity index is 815. The fourth-order valence-corrected chi connectivity index (χ4v) is 2.54. The van der Waals surface area contributed by atoms with E-state index >= 15 is 0 Å². The van der Waals surface area contributed by atoms with E-state index in [9.17, 15) is 14.7 Å². The Balaban J connectivity index is 2.27. The summed E-state index contributed by atoms with van der Waals surface area (Å²) in [6.45, 7) is 6.95. The zero-order valence-corrected chi connectivity index (χ0v) is 15.2. The molecule has 0 radical (unpaired) electrons. The van der Waals surface area contributed by atoms with Crippen LogP contribution in [-0.2, 0) is 0 Å². The van der Waals surface area contributed by atoms with Gasteiger partial charge in [-0.15, -0.1) is 0 Å². The second-order valence-corrected chi connectivity index (χ2v) is 5.58. The molecule has 0 unspecified atom stereocenters. The molecule has 1 heterocycles. The molecule has 0 aliphatic carbocycles. The van der Waals surface area contributed by atoms with Crippen LogP contribution in [0.2, 0.25) is 0 Å². The number of ether oxygens (including phenoxy) is 1. The van der Waals surface area contributed by atoms with Crippen molar-refractivity contribution in [3.63, 3.8) is 0 Å². The number of benzene rings is 1. The van der Waals surface area contributed by atoms with Crippen molar-refractivity contribution in [1.29, 1.82) is 0 Å². The minimum Gasteiger partial charge on any atom is -0.505 e. The molecular formula is C18H24N4O4. The number of aromatic hydroxyl groups is 1. The first-order valence-corrected chi connectivity index (χ1v) is 8.49. The molecule has 140 valence electrons. The van der Waals surface area contributed by atoms with Crippen LogP contribution in [0.5, 0.6) is 11.5 Å². The van der Waals surface area contributed by atoms with Crippen molar-refractivity contribution in [2.75, 3.05) is 33.3 Å². The van der Waals surface area contributed by atoms with Crippen LogP contribution in [0, 0.1) is 0 Å². The number of hydrogen-bond donors (Lipinski definition) is 2. The van der Waals surface area contributed by atoms with Gasteiger partial charge in [0.05, 0.1) is 7.11 Å². The fraction of sp³-hybridized carbons (Fsp3) is 0.389. The average Bonchev–Trinajstić information content (AvgIpc) is 2.65. The van der Waals surface area contributed by atoms with E-state index in [1.54, 1.807) is 24.3 Å². The lowest BCUT2D eigenvalue weighted by Crippen LogP contribution is -2.36. The first-order valence-electron chi connectivity index (χ1n) is 8.49. The first kappa shape index (κ1) is 19.5. The SMILES string of the molecule is CCN(CC)CCNC(=O)c1nn(-c2ccccc2OC)c(=O)cc1O. The zero-order valence-electron chi connectivity index (χ0n) is 15.2. The average molecular weight is 360 g/mol. The molecule has 0 saturated heterocycles. The number of nitrogens with one attached hydrogen (secondary N) is 1. The largest absolute Gasteiger partial charge is 0.505 e. The van der Waals surface area contributed by atoms with Gasteiger partial charge in [-0.05, 0) is 25.2 Å². The van der Waals surface area contributed by atoms with Gasteiger partial charge in [0.1, 0.15) is 11.4 Å². The van der Waals surface area contributed by atoms with E-state index in [4.69, 9.17) is 4.74 Å². The Hall–Kier alpha value is -2.87. The molecule has 26 heavy (non-hydrogen) atoms. The molecule has 0 aliphatic rings. The lowest BCUT2D eigenvalue weighted by Gasteiger charge is -2.18. The van der Waals surface area contributed by atoms with Crippen LogP contribution in [0.3, 0.4) is 0 Å². The minimum atomic E-state index is -0.563. The lowest BCUT2D eigenvalue weighted by molar-refractivity contribution is 0.0939. The van der Waals surface area contributed by atoms with Gasteiger partial charge >= 0.3 is 0 Å². The Kier molecular flexibility index (Phi) is 6.74. The van der Waals surface area contributed by atoms with Crippen molar-refractivity contribution in [3.05, 3.63) is 46.4 Å². The monoisotopic (exact) mass is 360 g/mol. The predicted octanol–water partition coefficient (Wildman–Crippen LogP) is 1.02. The highest BCUT2D eigenvalue weighted by Crippen LogP contribution is 2.21. The summed E-state index contributed by atoms with van der Waals surface area (Å²) in [5.41, 5.74) is -0.390. The Morgan fingerprint density at radius 2 is 2.00 bits per heavy atom. The van der Waals surface area contributed by atoms with E-state index in [0.29, 0.717) is 24.5 Å². The fourth-order valence-electron chi connectivity index (χ4n) is 2.54. The van der Waals surface area contributed by atoms with Crippen LogP contribution in [0.25, 0.3) is 5.69 Å². The molecule has 0 saturated carbocycles. The number of aromatic nitrogens is 2. The second kappa shape index (κ2) is 9.00. The van der Waals surface area contributed by atoms with Crippen molar-refractivity contribution >= 4 is 5.91 Å². The van der Waals surface area contributed by atoms with Crippen molar-refractivity contribution in [2.45, 2.75) is 13.8 Å². The Labute approximate surface area is 152 Å². The zero-order chi connectivity index (χ0) is 19.1. The van der Waals surface area contributed by atoms with E-state index in [2.05, 4.69) is 15.3 Å². The summed E-state index contributed by atoms with van der Waals surface area (Å²) in [4.78, 5) is 26.7. The molecular weight excluding hydrogens is 336 g/mol. The van der Waals surface area contributed by atoms with Gasteiger partial charge in [0.15, 0.2) is 11.4 Å². The van der Waals surface area contributed by atoms with Gasteiger partial charge in [0, 0.05) is 19.2 Å². The van der Waals surface area contributed by atoms with Crippen molar-refractivity contribution in [3.8, 4) is 17.2 Å². The predicted molar refractivity (Wildman–Crippen MR) is 98.2 cm³/mol. The number of amides is 1. The molecule has 1 amide bonds. The number of carbonyl (C=O) groups is 1. The highest BCUT2D eigenvalue weighted by atomic mass is 16.5. The van der Waals surface area contributed by atoms with Crippen LogP contribution in [0.1, 0.15) is 24.3 Å². The van der Waals surface area contributed by atoms with Crippen LogP contribution in [-0.4, -0.2) is 59.0 Å². The first-order chi connectivity index (χ1) is 12.5. The topological polar surface area (TPSA) is 96.7 Å². The summed E-state index contributed by atoms with van der Waals surface area (Å²) < 4.78 is 6.27. The molecule has 1 aromatic carbocycles. The molecule has 0 fully saturated rings. The third kappa shape index (κ3) is 4.40. The summed E-state index contributed by atoms with van der Waals surface area (Å²) >= 11 is 0. The van der Waals surface area contributed by atoms with Gasteiger partial charge in [0.25, 0.3) is 11.5 Å². The molecule has 2 aromatic rings. The molecule has 2 N–H and O–H groups in total. The molecule has 1 aromatic heterocycles. The van der Waals surface area contributed by atoms with Crippen LogP contribution >= 0.6 is 0 Å². The molecule has 0 atom stereocenters. The summed E-state index contributed by atoms with van der Waals surface area (Å²) in [6.07, 6.45) is 0. The second-order valence-electron chi connectivity index (χ2n) is 5.58. The summed E-state index contributed by atoms with van der Waals surface area (Å²) in [7, 11) is 1.48. The van der Waals surface area contributed by atoms with E-state index in [1.807, 2.05) is 13.8 Å². The third-order valence-corrected chi connectivity index (χ3v) is 4.05. The highest BCUT2D eigenvalue weighted by Gasteiger charge is 2.18. The summed E-state index contributed by atoms with van der Waals surface area (Å²) in [5.74, 6) is -0.569. The highest BCUT2D eigenvalue weighted by molar-refractivity contribution is 5.94. The van der Waals surface area contributed by atoms with E-state index in [-0.39, 0.29) is 5.69 Å². The van der Waals surface area contributed by atoms with Crippen molar-refractivity contribution in [2.24, 2.45) is 0 Å². The minimum absolute atomic E-state index is 0.213. The maximum atomic E-state index is 12.4. The van der Waals surface area contributed by atoms with Crippen molar-refractivity contribution < 1.29 is 14.6 Å². The van der Waals surface area contributed by atoms with Gasteiger partial charge in [-0.2, -0.15) is 9.78 Å². The number of nitrogens with zero attached hydrogens (tertiary/aromatic N) is 3. The van der Waals surface area contributed by atoms with E-state index in [1.165, 1.54) is 7.11 Å². The number of carbonyl (C=O) groups excluding carboxylic acids is 1. The Morgan fingerprint density at radius 1 is 1.31 bits per heavy atom. The number of methoxy groups -OCH3 is 1. The van der Waals surface area contributed by atoms with E-state index < -0.39 is 17.2 Å². The Morgan fingerprint density at radius 3 is 2.65 bits per heavy atom. The van der Waals surface area contributed by atoms with Gasteiger partial charge in [0.2, 0.25) is 0 Å². The number of para-hydroxylation sites is 2. The van der Waals surface area contributed by atoms with Crippen molar-refractivity contribution in [1.82, 2.24) is 20.0 Å². The molecule has 0 spiro atoms. The number of likely N-dealkylation sites (N-methyl/N-ethyl adjacent to an activating group) is 1. The van der Waals surface area contributed by atoms with Crippen LogP contribution in [0.4, 0.5) is 0 Å². The van der Waals surface area contributed by atoms with Gasteiger partial charge in [-0.1, -0.05) is 26.0 Å². The maximum absolute atomic E-state index is 12.4.